The molecule has 0 unspecified atom stereocenters. The van der Waals surface area contributed by atoms with E-state index in [2.05, 4.69) is 5.32 Å². The molecule has 1 N–H and O–H groups in total. The van der Waals surface area contributed by atoms with Crippen LogP contribution in [0.15, 0.2) is 24.3 Å². The summed E-state index contributed by atoms with van der Waals surface area (Å²) in [7, 11) is 0. The van der Waals surface area contributed by atoms with Crippen molar-refractivity contribution in [2.24, 2.45) is 0 Å². The van der Waals surface area contributed by atoms with Crippen LogP contribution in [0.5, 0.6) is 0 Å². The number of halogens is 1. The van der Waals surface area contributed by atoms with Crippen molar-refractivity contribution >= 4 is 17.5 Å². The van der Waals surface area contributed by atoms with E-state index in [4.69, 9.17) is 16.3 Å². The number of ether oxygens (including phenoxy) is 1. The van der Waals surface area contributed by atoms with E-state index in [-0.39, 0.29) is 18.6 Å². The first-order valence-electron chi connectivity index (χ1n) is 5.26. The largest absolute Gasteiger partial charge is 0.372 e. The van der Waals surface area contributed by atoms with Crippen LogP contribution in [0, 0.1) is 0 Å². The Balaban J connectivity index is 2.52. The van der Waals surface area contributed by atoms with Gasteiger partial charge in [-0.05, 0) is 31.5 Å². The standard InChI is InChI=1S/C12H16ClNO2/c1-3-16-8-12(15)14-9(2)10-5-4-6-11(13)7-10/h4-7,9H,3,8H2,1-2H3,(H,14,15)/t9-/m1/s1. The van der Waals surface area contributed by atoms with Gasteiger partial charge in [0.1, 0.15) is 6.61 Å². The van der Waals surface area contributed by atoms with Crippen LogP contribution in [0.3, 0.4) is 0 Å². The van der Waals surface area contributed by atoms with Crippen LogP contribution < -0.4 is 5.32 Å². The highest BCUT2D eigenvalue weighted by Gasteiger charge is 2.09. The fourth-order valence-electron chi connectivity index (χ4n) is 1.34. The van der Waals surface area contributed by atoms with Crippen molar-refractivity contribution in [3.8, 4) is 0 Å². The van der Waals surface area contributed by atoms with E-state index >= 15 is 0 Å². The summed E-state index contributed by atoms with van der Waals surface area (Å²) in [5.74, 6) is -0.116. The predicted octanol–water partition coefficient (Wildman–Crippen LogP) is 2.55. The average molecular weight is 242 g/mol. The number of carbonyl (C=O) groups excluding carboxylic acids is 1. The Kier molecular flexibility index (Phi) is 5.29. The Hall–Kier alpha value is -1.06. The van der Waals surface area contributed by atoms with Gasteiger partial charge in [0.15, 0.2) is 0 Å². The quantitative estimate of drug-likeness (QED) is 0.861. The molecular formula is C12H16ClNO2. The molecule has 0 saturated carbocycles. The van der Waals surface area contributed by atoms with Crippen molar-refractivity contribution in [3.63, 3.8) is 0 Å². The summed E-state index contributed by atoms with van der Waals surface area (Å²) >= 11 is 5.87. The molecule has 0 bridgehead atoms. The predicted molar refractivity (Wildman–Crippen MR) is 64.5 cm³/mol. The second-order valence-corrected chi connectivity index (χ2v) is 3.92. The highest BCUT2D eigenvalue weighted by atomic mass is 35.5. The summed E-state index contributed by atoms with van der Waals surface area (Å²) in [6.45, 7) is 4.41. The Labute approximate surface area is 101 Å². The molecule has 0 heterocycles. The van der Waals surface area contributed by atoms with Crippen LogP contribution in [0.2, 0.25) is 5.02 Å². The Morgan fingerprint density at radius 3 is 2.94 bits per heavy atom. The Bertz CT molecular complexity index is 355. The smallest absolute Gasteiger partial charge is 0.246 e. The molecule has 0 aromatic heterocycles. The molecule has 0 aliphatic rings. The lowest BCUT2D eigenvalue weighted by molar-refractivity contribution is -0.126. The summed E-state index contributed by atoms with van der Waals surface area (Å²) in [5.41, 5.74) is 0.984. The van der Waals surface area contributed by atoms with E-state index in [0.717, 1.165) is 5.56 Å². The average Bonchev–Trinajstić information content (AvgIpc) is 2.26. The molecule has 1 rings (SSSR count). The van der Waals surface area contributed by atoms with Crippen molar-refractivity contribution in [1.29, 1.82) is 0 Å². The molecule has 0 aliphatic heterocycles. The molecule has 1 aromatic carbocycles. The van der Waals surface area contributed by atoms with Crippen molar-refractivity contribution < 1.29 is 9.53 Å². The molecule has 1 aromatic rings. The molecular weight excluding hydrogens is 226 g/mol. The normalized spacial score (nSPS) is 12.2. The number of nitrogens with one attached hydrogen (secondary N) is 1. The maximum atomic E-state index is 11.4. The summed E-state index contributed by atoms with van der Waals surface area (Å²) in [4.78, 5) is 11.4. The van der Waals surface area contributed by atoms with Gasteiger partial charge in [0.25, 0.3) is 0 Å². The van der Waals surface area contributed by atoms with E-state index in [9.17, 15) is 4.79 Å². The number of benzene rings is 1. The lowest BCUT2D eigenvalue weighted by Gasteiger charge is -2.14. The zero-order valence-corrected chi connectivity index (χ0v) is 10.3. The van der Waals surface area contributed by atoms with Crippen LogP contribution in [0.1, 0.15) is 25.5 Å². The monoisotopic (exact) mass is 241 g/mol. The first-order valence-corrected chi connectivity index (χ1v) is 5.64. The van der Waals surface area contributed by atoms with Crippen LogP contribution in [-0.2, 0) is 9.53 Å². The van der Waals surface area contributed by atoms with Crippen molar-refractivity contribution in [2.45, 2.75) is 19.9 Å². The van der Waals surface area contributed by atoms with Crippen molar-refractivity contribution in [1.82, 2.24) is 5.32 Å². The maximum Gasteiger partial charge on any atom is 0.246 e. The molecule has 4 heteroatoms. The highest BCUT2D eigenvalue weighted by Crippen LogP contribution is 2.16. The van der Waals surface area contributed by atoms with E-state index in [1.165, 1.54) is 0 Å². The van der Waals surface area contributed by atoms with Gasteiger partial charge >= 0.3 is 0 Å². The maximum absolute atomic E-state index is 11.4. The Morgan fingerprint density at radius 2 is 2.31 bits per heavy atom. The molecule has 88 valence electrons. The topological polar surface area (TPSA) is 38.3 Å². The van der Waals surface area contributed by atoms with Gasteiger partial charge in [-0.1, -0.05) is 23.7 Å². The van der Waals surface area contributed by atoms with Crippen LogP contribution in [0.25, 0.3) is 0 Å². The minimum atomic E-state index is -0.116. The molecule has 1 atom stereocenters. The van der Waals surface area contributed by atoms with Gasteiger partial charge < -0.3 is 10.1 Å². The van der Waals surface area contributed by atoms with Gasteiger partial charge in [0.2, 0.25) is 5.91 Å². The zero-order chi connectivity index (χ0) is 12.0. The van der Waals surface area contributed by atoms with Crippen molar-refractivity contribution in [3.05, 3.63) is 34.9 Å². The van der Waals surface area contributed by atoms with Gasteiger partial charge in [-0.15, -0.1) is 0 Å². The molecule has 3 nitrogen and oxygen atoms in total. The van der Waals surface area contributed by atoms with Gasteiger partial charge in [0.05, 0.1) is 6.04 Å². The Morgan fingerprint density at radius 1 is 1.56 bits per heavy atom. The fraction of sp³-hybridized carbons (Fsp3) is 0.417. The van der Waals surface area contributed by atoms with Gasteiger partial charge in [-0.2, -0.15) is 0 Å². The molecule has 0 fully saturated rings. The minimum Gasteiger partial charge on any atom is -0.372 e. The number of amides is 1. The fourth-order valence-corrected chi connectivity index (χ4v) is 1.54. The molecule has 0 spiro atoms. The van der Waals surface area contributed by atoms with Crippen LogP contribution in [0.4, 0.5) is 0 Å². The summed E-state index contributed by atoms with van der Waals surface area (Å²) in [6.07, 6.45) is 0. The molecule has 0 aliphatic carbocycles. The zero-order valence-electron chi connectivity index (χ0n) is 9.50. The summed E-state index contributed by atoms with van der Waals surface area (Å²) in [6, 6.07) is 7.37. The number of hydrogen-bond donors (Lipinski definition) is 1. The van der Waals surface area contributed by atoms with Crippen molar-refractivity contribution in [2.75, 3.05) is 13.2 Å². The first-order chi connectivity index (χ1) is 7.63. The van der Waals surface area contributed by atoms with E-state index in [1.54, 1.807) is 6.07 Å². The summed E-state index contributed by atoms with van der Waals surface area (Å²) < 4.78 is 5.02. The third-order valence-electron chi connectivity index (χ3n) is 2.16. The second kappa shape index (κ2) is 6.51. The number of rotatable bonds is 5. The number of hydrogen-bond acceptors (Lipinski definition) is 2. The third kappa shape index (κ3) is 4.21. The van der Waals surface area contributed by atoms with E-state index in [0.29, 0.717) is 11.6 Å². The molecule has 0 radical (unpaired) electrons. The highest BCUT2D eigenvalue weighted by molar-refractivity contribution is 6.30. The van der Waals surface area contributed by atoms with Crippen LogP contribution in [-0.4, -0.2) is 19.1 Å². The van der Waals surface area contributed by atoms with Crippen LogP contribution >= 0.6 is 11.6 Å². The number of carbonyl (C=O) groups is 1. The molecule has 16 heavy (non-hydrogen) atoms. The molecule has 1 amide bonds. The van der Waals surface area contributed by atoms with Gasteiger partial charge in [-0.3, -0.25) is 4.79 Å². The lowest BCUT2D eigenvalue weighted by Crippen LogP contribution is -2.30. The van der Waals surface area contributed by atoms with E-state index in [1.807, 2.05) is 32.0 Å². The van der Waals surface area contributed by atoms with E-state index < -0.39 is 0 Å². The van der Waals surface area contributed by atoms with Gasteiger partial charge in [0, 0.05) is 11.6 Å². The minimum absolute atomic E-state index is 0.0633. The molecule has 0 saturated heterocycles. The first kappa shape index (κ1) is 13.0. The lowest BCUT2D eigenvalue weighted by atomic mass is 10.1. The SMILES string of the molecule is CCOCC(=O)N[C@H](C)c1cccc(Cl)c1. The summed E-state index contributed by atoms with van der Waals surface area (Å²) in [5, 5.41) is 3.51. The van der Waals surface area contributed by atoms with Gasteiger partial charge in [-0.25, -0.2) is 0 Å². The second-order valence-electron chi connectivity index (χ2n) is 3.48. The third-order valence-corrected chi connectivity index (χ3v) is 2.40.